The topological polar surface area (TPSA) is 63.7 Å². The Bertz CT molecular complexity index is 872. The van der Waals surface area contributed by atoms with Gasteiger partial charge in [-0.3, -0.25) is 9.10 Å². The Morgan fingerprint density at radius 3 is 2.50 bits per heavy atom. The lowest BCUT2D eigenvalue weighted by atomic mass is 10.1. The molecule has 1 aliphatic heterocycles. The maximum atomic E-state index is 12.9. The lowest BCUT2D eigenvalue weighted by Gasteiger charge is -2.20. The highest BCUT2D eigenvalue weighted by Crippen LogP contribution is 2.34. The summed E-state index contributed by atoms with van der Waals surface area (Å²) in [4.78, 5) is 11.7. The smallest absolute Gasteiger partial charge is 0.264 e. The number of hydrogen-bond acceptors (Lipinski definition) is 4. The molecular formula is C18H19NO4S. The Hall–Kier alpha value is -2.34. The van der Waals surface area contributed by atoms with Crippen LogP contribution in [0.4, 0.5) is 5.69 Å². The number of ether oxygens (including phenoxy) is 1. The number of sulfonamides is 1. The summed E-state index contributed by atoms with van der Waals surface area (Å²) in [7, 11) is -3.62. The van der Waals surface area contributed by atoms with E-state index >= 15 is 0 Å². The minimum Gasteiger partial charge on any atom is -0.494 e. The van der Waals surface area contributed by atoms with Crippen LogP contribution < -0.4 is 9.04 Å². The van der Waals surface area contributed by atoms with Crippen molar-refractivity contribution in [2.45, 2.75) is 25.2 Å². The summed E-state index contributed by atoms with van der Waals surface area (Å²) in [5.41, 5.74) is 2.14. The molecule has 0 aliphatic carbocycles. The molecule has 5 nitrogen and oxygen atoms in total. The molecule has 1 aliphatic rings. The summed E-state index contributed by atoms with van der Waals surface area (Å²) in [6.07, 6.45) is 0.604. The molecule has 0 aromatic heterocycles. The van der Waals surface area contributed by atoms with Crippen molar-refractivity contribution in [1.82, 2.24) is 0 Å². The molecule has 2 aromatic rings. The Morgan fingerprint density at radius 1 is 1.17 bits per heavy atom. The zero-order chi connectivity index (χ0) is 17.3. The van der Waals surface area contributed by atoms with E-state index in [1.165, 1.54) is 11.2 Å². The van der Waals surface area contributed by atoms with E-state index in [0.717, 1.165) is 5.56 Å². The maximum absolute atomic E-state index is 12.9. The third-order valence-corrected chi connectivity index (χ3v) is 5.89. The number of carbonyl (C=O) groups excluding carboxylic acids is 1. The van der Waals surface area contributed by atoms with Crippen LogP contribution in [-0.2, 0) is 16.4 Å². The molecule has 6 heteroatoms. The van der Waals surface area contributed by atoms with Crippen LogP contribution in [0.25, 0.3) is 0 Å². The van der Waals surface area contributed by atoms with Crippen molar-refractivity contribution in [3.05, 3.63) is 53.6 Å². The molecule has 0 spiro atoms. The third kappa shape index (κ3) is 2.89. The van der Waals surface area contributed by atoms with Crippen molar-refractivity contribution >= 4 is 21.5 Å². The minimum atomic E-state index is -3.62. The van der Waals surface area contributed by atoms with E-state index < -0.39 is 10.0 Å². The third-order valence-electron chi connectivity index (χ3n) is 4.06. The van der Waals surface area contributed by atoms with E-state index in [1.54, 1.807) is 42.5 Å². The lowest BCUT2D eigenvalue weighted by Crippen LogP contribution is -2.29. The predicted octanol–water partition coefficient (Wildman–Crippen LogP) is 3.04. The standard InChI is InChI=1S/C18H19NO4S/c1-3-23-16-5-7-17(8-6-16)24(21,22)19-11-10-15-12-14(13(2)20)4-9-18(15)19/h4-9,12H,3,10-11H2,1-2H3. The van der Waals surface area contributed by atoms with Gasteiger partial charge >= 0.3 is 0 Å². The highest BCUT2D eigenvalue weighted by atomic mass is 32.2. The summed E-state index contributed by atoms with van der Waals surface area (Å²) in [6, 6.07) is 11.6. The number of benzene rings is 2. The number of rotatable bonds is 5. The quantitative estimate of drug-likeness (QED) is 0.782. The van der Waals surface area contributed by atoms with Gasteiger partial charge in [0.2, 0.25) is 0 Å². The summed E-state index contributed by atoms with van der Waals surface area (Å²) < 4.78 is 32.6. The second-order valence-corrected chi connectivity index (χ2v) is 7.49. The average molecular weight is 345 g/mol. The van der Waals surface area contributed by atoms with Crippen LogP contribution in [0.15, 0.2) is 47.4 Å². The van der Waals surface area contributed by atoms with Crippen LogP contribution in [0, 0.1) is 0 Å². The monoisotopic (exact) mass is 345 g/mol. The van der Waals surface area contributed by atoms with Gasteiger partial charge in [-0.1, -0.05) is 0 Å². The number of anilines is 1. The van der Waals surface area contributed by atoms with Crippen LogP contribution in [0.5, 0.6) is 5.75 Å². The van der Waals surface area contributed by atoms with E-state index in [1.807, 2.05) is 6.92 Å². The summed E-state index contributed by atoms with van der Waals surface area (Å²) in [5, 5.41) is 0. The predicted molar refractivity (Wildman–Crippen MR) is 92.3 cm³/mol. The molecule has 0 bridgehead atoms. The largest absolute Gasteiger partial charge is 0.494 e. The first kappa shape index (κ1) is 16.5. The highest BCUT2D eigenvalue weighted by molar-refractivity contribution is 7.92. The van der Waals surface area contributed by atoms with Gasteiger partial charge in [0.15, 0.2) is 5.78 Å². The molecule has 24 heavy (non-hydrogen) atoms. The first-order chi connectivity index (χ1) is 11.4. The van der Waals surface area contributed by atoms with E-state index in [0.29, 0.717) is 36.6 Å². The first-order valence-corrected chi connectivity index (χ1v) is 9.27. The van der Waals surface area contributed by atoms with E-state index in [9.17, 15) is 13.2 Å². The van der Waals surface area contributed by atoms with Crippen molar-refractivity contribution in [2.75, 3.05) is 17.5 Å². The fourth-order valence-electron chi connectivity index (χ4n) is 2.84. The van der Waals surface area contributed by atoms with Gasteiger partial charge in [-0.05, 0) is 68.3 Å². The Morgan fingerprint density at radius 2 is 1.88 bits per heavy atom. The number of ketones is 1. The van der Waals surface area contributed by atoms with E-state index in [-0.39, 0.29) is 10.7 Å². The second kappa shape index (κ2) is 6.28. The van der Waals surface area contributed by atoms with E-state index in [4.69, 9.17) is 4.74 Å². The molecule has 0 saturated carbocycles. The van der Waals surface area contributed by atoms with Crippen molar-refractivity contribution < 1.29 is 17.9 Å². The number of Topliss-reactive ketones (excluding diaryl/α,β-unsaturated/α-hetero) is 1. The van der Waals surface area contributed by atoms with Crippen LogP contribution in [-0.4, -0.2) is 27.4 Å². The highest BCUT2D eigenvalue weighted by Gasteiger charge is 2.31. The summed E-state index contributed by atoms with van der Waals surface area (Å²) in [6.45, 7) is 4.29. The molecule has 0 unspecified atom stereocenters. The number of fused-ring (bicyclic) bond motifs is 1. The molecule has 0 radical (unpaired) electrons. The molecule has 0 amide bonds. The van der Waals surface area contributed by atoms with Crippen molar-refractivity contribution in [3.63, 3.8) is 0 Å². The Labute approximate surface area is 141 Å². The van der Waals surface area contributed by atoms with Crippen molar-refractivity contribution in [1.29, 1.82) is 0 Å². The minimum absolute atomic E-state index is 0.0226. The first-order valence-electron chi connectivity index (χ1n) is 7.83. The number of hydrogen-bond donors (Lipinski definition) is 0. The molecular weight excluding hydrogens is 326 g/mol. The van der Waals surface area contributed by atoms with Gasteiger partial charge in [0.25, 0.3) is 10.0 Å². The fraction of sp³-hybridized carbons (Fsp3) is 0.278. The SMILES string of the molecule is CCOc1ccc(S(=O)(=O)N2CCc3cc(C(C)=O)ccc32)cc1. The Kier molecular flexibility index (Phi) is 4.32. The van der Waals surface area contributed by atoms with E-state index in [2.05, 4.69) is 0 Å². The van der Waals surface area contributed by atoms with Gasteiger partial charge in [0.05, 0.1) is 17.2 Å². The number of carbonyl (C=O) groups is 1. The van der Waals surface area contributed by atoms with Crippen LogP contribution in [0.3, 0.4) is 0 Å². The molecule has 126 valence electrons. The maximum Gasteiger partial charge on any atom is 0.264 e. The molecule has 0 saturated heterocycles. The number of nitrogens with zero attached hydrogens (tertiary/aromatic N) is 1. The zero-order valence-corrected chi connectivity index (χ0v) is 14.5. The van der Waals surface area contributed by atoms with Gasteiger partial charge < -0.3 is 4.74 Å². The van der Waals surface area contributed by atoms with Gasteiger partial charge in [-0.2, -0.15) is 0 Å². The average Bonchev–Trinajstić information content (AvgIpc) is 2.99. The zero-order valence-electron chi connectivity index (χ0n) is 13.7. The van der Waals surface area contributed by atoms with Crippen LogP contribution >= 0.6 is 0 Å². The molecule has 0 fully saturated rings. The molecule has 1 heterocycles. The van der Waals surface area contributed by atoms with Crippen molar-refractivity contribution in [2.24, 2.45) is 0 Å². The molecule has 0 N–H and O–H groups in total. The normalized spacial score (nSPS) is 13.7. The van der Waals surface area contributed by atoms with Gasteiger partial charge in [-0.15, -0.1) is 0 Å². The van der Waals surface area contributed by atoms with Gasteiger partial charge in [-0.25, -0.2) is 8.42 Å². The van der Waals surface area contributed by atoms with Crippen molar-refractivity contribution in [3.8, 4) is 5.75 Å². The molecule has 3 rings (SSSR count). The summed E-state index contributed by atoms with van der Waals surface area (Å²) >= 11 is 0. The van der Waals surface area contributed by atoms with Crippen LogP contribution in [0.2, 0.25) is 0 Å². The second-order valence-electron chi connectivity index (χ2n) is 5.63. The fourth-order valence-corrected chi connectivity index (χ4v) is 4.35. The van der Waals surface area contributed by atoms with Gasteiger partial charge in [0.1, 0.15) is 5.75 Å². The summed E-state index contributed by atoms with van der Waals surface area (Å²) in [5.74, 6) is 0.620. The Balaban J connectivity index is 1.94. The van der Waals surface area contributed by atoms with Gasteiger partial charge in [0, 0.05) is 12.1 Å². The van der Waals surface area contributed by atoms with Crippen LogP contribution in [0.1, 0.15) is 29.8 Å². The molecule has 2 aromatic carbocycles. The molecule has 0 atom stereocenters. The lowest BCUT2D eigenvalue weighted by molar-refractivity contribution is 0.101.